The van der Waals surface area contributed by atoms with Gasteiger partial charge in [-0.1, -0.05) is 23.7 Å². The highest BCUT2D eigenvalue weighted by Gasteiger charge is 2.15. The van der Waals surface area contributed by atoms with Crippen molar-refractivity contribution in [3.05, 3.63) is 64.6 Å². The monoisotopic (exact) mass is 358 g/mol. The molecule has 1 amide bonds. The maximum Gasteiger partial charge on any atom is 0.349 e. The predicted octanol–water partition coefficient (Wildman–Crippen LogP) is 3.26. The molecule has 1 heterocycles. The smallest absolute Gasteiger partial charge is 0.349 e. The highest BCUT2D eigenvalue weighted by molar-refractivity contribution is 6.30. The Kier molecular flexibility index (Phi) is 6.38. The lowest BCUT2D eigenvalue weighted by Crippen LogP contribution is -2.31. The van der Waals surface area contributed by atoms with E-state index in [2.05, 4.69) is 5.32 Å². The summed E-state index contributed by atoms with van der Waals surface area (Å²) in [6.45, 7) is 1.28. The van der Waals surface area contributed by atoms with Crippen molar-refractivity contribution in [3.8, 4) is 6.07 Å². The Labute approximate surface area is 149 Å². The molecular formula is C18H15ClN2O4. The summed E-state index contributed by atoms with van der Waals surface area (Å²) in [5.41, 5.74) is 0.563. The zero-order valence-corrected chi connectivity index (χ0v) is 14.1. The minimum atomic E-state index is -0.899. The molecule has 2 rings (SSSR count). The number of furan rings is 1. The predicted molar refractivity (Wildman–Crippen MR) is 91.3 cm³/mol. The molecule has 6 nitrogen and oxygen atoms in total. The van der Waals surface area contributed by atoms with E-state index in [1.807, 2.05) is 6.07 Å². The second-order valence-electron chi connectivity index (χ2n) is 5.11. The topological polar surface area (TPSA) is 92.3 Å². The quantitative estimate of drug-likeness (QED) is 0.486. The van der Waals surface area contributed by atoms with Crippen LogP contribution >= 0.6 is 11.6 Å². The average molecular weight is 359 g/mol. The largest absolute Gasteiger partial charge is 0.465 e. The van der Waals surface area contributed by atoms with Crippen LogP contribution in [0, 0.1) is 11.3 Å². The Morgan fingerprint density at radius 1 is 1.40 bits per heavy atom. The van der Waals surface area contributed by atoms with Crippen molar-refractivity contribution in [2.45, 2.75) is 13.0 Å². The molecule has 1 aromatic heterocycles. The number of halogens is 1. The molecule has 128 valence electrons. The zero-order chi connectivity index (χ0) is 18.2. The number of carbonyl (C=O) groups is 2. The molecule has 0 bridgehead atoms. The second kappa shape index (κ2) is 8.71. The van der Waals surface area contributed by atoms with Crippen LogP contribution in [0.1, 0.15) is 24.3 Å². The number of carbonyl (C=O) groups excluding carboxylic acids is 2. The molecule has 0 aliphatic carbocycles. The van der Waals surface area contributed by atoms with Crippen LogP contribution in [0.15, 0.2) is 52.7 Å². The van der Waals surface area contributed by atoms with Gasteiger partial charge in [0.05, 0.1) is 12.3 Å². The number of nitriles is 1. The number of hydrogen-bond donors (Lipinski definition) is 1. The van der Waals surface area contributed by atoms with E-state index in [0.29, 0.717) is 10.8 Å². The van der Waals surface area contributed by atoms with Gasteiger partial charge in [0.25, 0.3) is 5.91 Å². The van der Waals surface area contributed by atoms with Crippen molar-refractivity contribution in [3.63, 3.8) is 0 Å². The second-order valence-corrected chi connectivity index (χ2v) is 5.54. The molecule has 1 aromatic carbocycles. The minimum absolute atomic E-state index is 0.259. The first kappa shape index (κ1) is 18.3. The summed E-state index contributed by atoms with van der Waals surface area (Å²) in [4.78, 5) is 23.8. The fraction of sp³-hybridized carbons (Fsp3) is 0.167. The summed E-state index contributed by atoms with van der Waals surface area (Å²) < 4.78 is 9.88. The van der Waals surface area contributed by atoms with E-state index in [9.17, 15) is 9.59 Å². The first-order valence-electron chi connectivity index (χ1n) is 7.37. The van der Waals surface area contributed by atoms with E-state index in [1.165, 1.54) is 12.3 Å². The van der Waals surface area contributed by atoms with Gasteiger partial charge in [0.2, 0.25) is 0 Å². The highest BCUT2D eigenvalue weighted by Crippen LogP contribution is 2.17. The standard InChI is InChI=1S/C18H15ClN2O4/c1-12(13-4-2-5-15(19)8-13)21-17(22)11-25-18(23)14(10-20)9-16-6-3-7-24-16/h2-9,12H,11H2,1H3,(H,21,22)/b14-9+/t12-/m1/s1. The van der Waals surface area contributed by atoms with E-state index >= 15 is 0 Å². The van der Waals surface area contributed by atoms with Crippen LogP contribution in [0.25, 0.3) is 6.08 Å². The molecule has 0 saturated carbocycles. The Morgan fingerprint density at radius 3 is 2.84 bits per heavy atom. The van der Waals surface area contributed by atoms with Gasteiger partial charge in [-0.2, -0.15) is 5.26 Å². The van der Waals surface area contributed by atoms with Crippen molar-refractivity contribution in [2.24, 2.45) is 0 Å². The van der Waals surface area contributed by atoms with Gasteiger partial charge in [-0.3, -0.25) is 4.79 Å². The van der Waals surface area contributed by atoms with E-state index in [4.69, 9.17) is 26.0 Å². The average Bonchev–Trinajstić information content (AvgIpc) is 3.10. The van der Waals surface area contributed by atoms with E-state index < -0.39 is 18.5 Å². The first-order chi connectivity index (χ1) is 12.0. The summed E-state index contributed by atoms with van der Waals surface area (Å²) >= 11 is 5.91. The van der Waals surface area contributed by atoms with Crippen LogP contribution in [0.2, 0.25) is 5.02 Å². The number of esters is 1. The maximum atomic E-state index is 11.9. The third-order valence-electron chi connectivity index (χ3n) is 3.23. The van der Waals surface area contributed by atoms with Gasteiger partial charge >= 0.3 is 5.97 Å². The normalized spacial score (nSPS) is 12.1. The van der Waals surface area contributed by atoms with Gasteiger partial charge < -0.3 is 14.5 Å². The van der Waals surface area contributed by atoms with Gasteiger partial charge in [0.15, 0.2) is 6.61 Å². The molecule has 7 heteroatoms. The molecule has 25 heavy (non-hydrogen) atoms. The molecule has 0 aliphatic rings. The molecule has 2 aromatic rings. The van der Waals surface area contributed by atoms with Crippen LogP contribution < -0.4 is 5.32 Å². The van der Waals surface area contributed by atoms with Gasteiger partial charge in [-0.25, -0.2) is 4.79 Å². The van der Waals surface area contributed by atoms with Crippen molar-refractivity contribution >= 4 is 29.6 Å². The lowest BCUT2D eigenvalue weighted by Gasteiger charge is -2.14. The number of benzene rings is 1. The van der Waals surface area contributed by atoms with Crippen molar-refractivity contribution in [2.75, 3.05) is 6.61 Å². The summed E-state index contributed by atoms with van der Waals surface area (Å²) in [5, 5.41) is 12.3. The third-order valence-corrected chi connectivity index (χ3v) is 3.47. The third kappa shape index (κ3) is 5.52. The molecule has 0 spiro atoms. The summed E-state index contributed by atoms with van der Waals surface area (Å²) in [6, 6.07) is 11.7. The molecule has 0 unspecified atom stereocenters. The highest BCUT2D eigenvalue weighted by atomic mass is 35.5. The van der Waals surface area contributed by atoms with Crippen LogP contribution in [-0.2, 0) is 14.3 Å². The molecule has 1 N–H and O–H groups in total. The van der Waals surface area contributed by atoms with Gasteiger partial charge in [0.1, 0.15) is 17.4 Å². The fourth-order valence-corrected chi connectivity index (χ4v) is 2.20. The maximum absolute atomic E-state index is 11.9. The number of amides is 1. The lowest BCUT2D eigenvalue weighted by atomic mass is 10.1. The fourth-order valence-electron chi connectivity index (χ4n) is 2.00. The Balaban J connectivity index is 1.88. The van der Waals surface area contributed by atoms with Crippen molar-refractivity contribution in [1.29, 1.82) is 5.26 Å². The molecule has 0 saturated heterocycles. The number of nitrogens with one attached hydrogen (secondary N) is 1. The Morgan fingerprint density at radius 2 is 2.20 bits per heavy atom. The summed E-state index contributed by atoms with van der Waals surface area (Å²) in [7, 11) is 0. The molecular weight excluding hydrogens is 344 g/mol. The van der Waals surface area contributed by atoms with E-state index in [1.54, 1.807) is 43.3 Å². The van der Waals surface area contributed by atoms with Crippen LogP contribution in [0.5, 0.6) is 0 Å². The first-order valence-corrected chi connectivity index (χ1v) is 7.74. The van der Waals surface area contributed by atoms with E-state index in [0.717, 1.165) is 5.56 Å². The number of nitrogens with zero attached hydrogens (tertiary/aromatic N) is 1. The lowest BCUT2D eigenvalue weighted by molar-refractivity contribution is -0.144. The van der Waals surface area contributed by atoms with Gasteiger partial charge in [-0.15, -0.1) is 0 Å². The minimum Gasteiger partial charge on any atom is -0.465 e. The molecule has 0 aliphatic heterocycles. The van der Waals surface area contributed by atoms with Gasteiger partial charge in [-0.05, 0) is 36.8 Å². The molecule has 0 radical (unpaired) electrons. The number of rotatable bonds is 6. The SMILES string of the molecule is C[C@@H](NC(=O)COC(=O)/C(C#N)=C/c1ccco1)c1cccc(Cl)c1. The Bertz CT molecular complexity index is 822. The van der Waals surface area contributed by atoms with E-state index in [-0.39, 0.29) is 11.6 Å². The van der Waals surface area contributed by atoms with Crippen LogP contribution in [-0.4, -0.2) is 18.5 Å². The number of ether oxygens (including phenoxy) is 1. The molecule has 0 fully saturated rings. The molecule has 1 atom stereocenters. The summed E-state index contributed by atoms with van der Waals surface area (Å²) in [5.74, 6) is -1.05. The zero-order valence-electron chi connectivity index (χ0n) is 13.4. The van der Waals surface area contributed by atoms with Crippen LogP contribution in [0.4, 0.5) is 0 Å². The van der Waals surface area contributed by atoms with Crippen molar-refractivity contribution in [1.82, 2.24) is 5.32 Å². The van der Waals surface area contributed by atoms with Gasteiger partial charge in [0, 0.05) is 11.1 Å². The number of hydrogen-bond acceptors (Lipinski definition) is 5. The van der Waals surface area contributed by atoms with Crippen molar-refractivity contribution < 1.29 is 18.7 Å². The van der Waals surface area contributed by atoms with Crippen LogP contribution in [0.3, 0.4) is 0 Å². The Hall–Kier alpha value is -3.04. The summed E-state index contributed by atoms with van der Waals surface area (Å²) in [6.07, 6.45) is 2.66.